The number of benzene rings is 1. The Morgan fingerprint density at radius 1 is 1.22 bits per heavy atom. The SMILES string of the molecule is CCOC(=O)N[C@H](CNC(=O)Nc1ccc(F)cc1)CC(C)C. The molecule has 0 unspecified atom stereocenters. The summed E-state index contributed by atoms with van der Waals surface area (Å²) < 4.78 is 17.7. The van der Waals surface area contributed by atoms with Gasteiger partial charge in [-0.25, -0.2) is 14.0 Å². The molecule has 0 aliphatic carbocycles. The molecule has 7 heteroatoms. The lowest BCUT2D eigenvalue weighted by Crippen LogP contribution is -2.45. The highest BCUT2D eigenvalue weighted by Crippen LogP contribution is 2.08. The maximum Gasteiger partial charge on any atom is 0.407 e. The molecule has 0 fully saturated rings. The first-order valence-corrected chi connectivity index (χ1v) is 7.64. The number of hydrogen-bond acceptors (Lipinski definition) is 3. The van der Waals surface area contributed by atoms with E-state index in [1.54, 1.807) is 6.92 Å². The summed E-state index contributed by atoms with van der Waals surface area (Å²) >= 11 is 0. The van der Waals surface area contributed by atoms with E-state index in [1.165, 1.54) is 24.3 Å². The predicted molar refractivity (Wildman–Crippen MR) is 86.8 cm³/mol. The van der Waals surface area contributed by atoms with Gasteiger partial charge in [-0.15, -0.1) is 0 Å². The molecular weight excluding hydrogens is 301 g/mol. The first kappa shape index (κ1) is 18.7. The zero-order chi connectivity index (χ0) is 17.2. The Labute approximate surface area is 135 Å². The minimum absolute atomic E-state index is 0.229. The van der Waals surface area contributed by atoms with Crippen LogP contribution in [0.2, 0.25) is 0 Å². The van der Waals surface area contributed by atoms with Gasteiger partial charge in [-0.3, -0.25) is 0 Å². The van der Waals surface area contributed by atoms with Gasteiger partial charge in [0.1, 0.15) is 5.82 Å². The summed E-state index contributed by atoms with van der Waals surface area (Å²) in [6.45, 7) is 6.34. The number of rotatable bonds is 7. The van der Waals surface area contributed by atoms with Crippen molar-refractivity contribution in [3.63, 3.8) is 0 Å². The van der Waals surface area contributed by atoms with Crippen LogP contribution in [0.4, 0.5) is 19.7 Å². The van der Waals surface area contributed by atoms with Gasteiger partial charge < -0.3 is 20.7 Å². The average Bonchev–Trinajstić information content (AvgIpc) is 2.47. The number of anilines is 1. The largest absolute Gasteiger partial charge is 0.450 e. The second-order valence-electron chi connectivity index (χ2n) is 5.53. The maximum absolute atomic E-state index is 12.8. The van der Waals surface area contributed by atoms with Crippen LogP contribution < -0.4 is 16.0 Å². The number of halogens is 1. The van der Waals surface area contributed by atoms with Gasteiger partial charge in [0.2, 0.25) is 0 Å². The van der Waals surface area contributed by atoms with Gasteiger partial charge in [-0.1, -0.05) is 13.8 Å². The third-order valence-corrected chi connectivity index (χ3v) is 2.96. The van der Waals surface area contributed by atoms with Crippen molar-refractivity contribution in [2.75, 3.05) is 18.5 Å². The lowest BCUT2D eigenvalue weighted by atomic mass is 10.0. The molecule has 0 bridgehead atoms. The zero-order valence-corrected chi connectivity index (χ0v) is 13.7. The number of urea groups is 1. The van der Waals surface area contributed by atoms with Crippen molar-refractivity contribution in [1.82, 2.24) is 10.6 Å². The molecule has 0 saturated carbocycles. The average molecular weight is 325 g/mol. The Bertz CT molecular complexity index is 506. The third kappa shape index (κ3) is 8.04. The lowest BCUT2D eigenvalue weighted by molar-refractivity contribution is 0.146. The standard InChI is InChI=1S/C16H24FN3O3/c1-4-23-16(22)20-14(9-11(2)3)10-18-15(21)19-13-7-5-12(17)6-8-13/h5-8,11,14H,4,9-10H2,1-3H3,(H,20,22)(H2,18,19,21)/t14-/m0/s1. The Kier molecular flexibility index (Phi) is 7.87. The van der Waals surface area contributed by atoms with Crippen LogP contribution in [-0.4, -0.2) is 31.3 Å². The number of carbonyl (C=O) groups excluding carboxylic acids is 2. The summed E-state index contributed by atoms with van der Waals surface area (Å²) in [5.74, 6) is -0.0181. The highest BCUT2D eigenvalue weighted by atomic mass is 19.1. The number of alkyl carbamates (subject to hydrolysis) is 1. The van der Waals surface area contributed by atoms with Crippen LogP contribution in [0, 0.1) is 11.7 Å². The quantitative estimate of drug-likeness (QED) is 0.720. The fourth-order valence-corrected chi connectivity index (χ4v) is 2.03. The number of hydrogen-bond donors (Lipinski definition) is 3. The molecule has 23 heavy (non-hydrogen) atoms. The van der Waals surface area contributed by atoms with E-state index < -0.39 is 12.1 Å². The van der Waals surface area contributed by atoms with Gasteiger partial charge in [0.15, 0.2) is 0 Å². The monoisotopic (exact) mass is 325 g/mol. The number of carbonyl (C=O) groups is 2. The fourth-order valence-electron chi connectivity index (χ4n) is 2.03. The van der Waals surface area contributed by atoms with E-state index in [0.717, 1.165) is 0 Å². The van der Waals surface area contributed by atoms with Crippen LogP contribution >= 0.6 is 0 Å². The Hall–Kier alpha value is -2.31. The maximum atomic E-state index is 12.8. The normalized spacial score (nSPS) is 11.7. The molecule has 0 radical (unpaired) electrons. The molecule has 1 aromatic rings. The third-order valence-electron chi connectivity index (χ3n) is 2.96. The van der Waals surface area contributed by atoms with Gasteiger partial charge in [-0.2, -0.15) is 0 Å². The number of amides is 3. The summed E-state index contributed by atoms with van der Waals surface area (Å²) in [4.78, 5) is 23.3. The Balaban J connectivity index is 2.47. The highest BCUT2D eigenvalue weighted by Gasteiger charge is 2.15. The molecule has 1 atom stereocenters. The second-order valence-corrected chi connectivity index (χ2v) is 5.53. The highest BCUT2D eigenvalue weighted by molar-refractivity contribution is 5.89. The van der Waals surface area contributed by atoms with Crippen LogP contribution in [0.1, 0.15) is 27.2 Å². The van der Waals surface area contributed by atoms with Crippen LogP contribution in [0.3, 0.4) is 0 Å². The molecule has 3 amide bonds. The molecular formula is C16H24FN3O3. The van der Waals surface area contributed by atoms with E-state index in [-0.39, 0.29) is 18.4 Å². The molecule has 0 spiro atoms. The van der Waals surface area contributed by atoms with Gasteiger partial charge in [0, 0.05) is 18.3 Å². The van der Waals surface area contributed by atoms with E-state index in [4.69, 9.17) is 4.74 Å². The molecule has 3 N–H and O–H groups in total. The second kappa shape index (κ2) is 9.66. The zero-order valence-electron chi connectivity index (χ0n) is 13.7. The van der Waals surface area contributed by atoms with Crippen molar-refractivity contribution in [3.8, 4) is 0 Å². The lowest BCUT2D eigenvalue weighted by Gasteiger charge is -2.21. The van der Waals surface area contributed by atoms with Crippen molar-refractivity contribution >= 4 is 17.8 Å². The van der Waals surface area contributed by atoms with Crippen LogP contribution in [0.5, 0.6) is 0 Å². The minimum Gasteiger partial charge on any atom is -0.450 e. The van der Waals surface area contributed by atoms with Crippen molar-refractivity contribution in [2.24, 2.45) is 5.92 Å². The summed E-state index contributed by atoms with van der Waals surface area (Å²) in [5, 5.41) is 8.00. The molecule has 6 nitrogen and oxygen atoms in total. The van der Waals surface area contributed by atoms with Gasteiger partial charge >= 0.3 is 12.1 Å². The fraction of sp³-hybridized carbons (Fsp3) is 0.500. The molecule has 128 valence electrons. The first-order valence-electron chi connectivity index (χ1n) is 7.64. The van der Waals surface area contributed by atoms with Crippen molar-refractivity contribution in [2.45, 2.75) is 33.2 Å². The molecule has 1 rings (SSSR count). The molecule has 0 saturated heterocycles. The van der Waals surface area contributed by atoms with E-state index in [9.17, 15) is 14.0 Å². The smallest absolute Gasteiger partial charge is 0.407 e. The topological polar surface area (TPSA) is 79.5 Å². The van der Waals surface area contributed by atoms with E-state index in [1.807, 2.05) is 13.8 Å². The van der Waals surface area contributed by atoms with Crippen molar-refractivity contribution in [3.05, 3.63) is 30.1 Å². The van der Waals surface area contributed by atoms with E-state index in [2.05, 4.69) is 16.0 Å². The number of ether oxygens (including phenoxy) is 1. The predicted octanol–water partition coefficient (Wildman–Crippen LogP) is 3.11. The minimum atomic E-state index is -0.501. The summed E-state index contributed by atoms with van der Waals surface area (Å²) in [6.07, 6.45) is 0.203. The van der Waals surface area contributed by atoms with E-state index in [0.29, 0.717) is 24.6 Å². The first-order chi connectivity index (χ1) is 10.9. The number of nitrogens with one attached hydrogen (secondary N) is 3. The van der Waals surface area contributed by atoms with Crippen molar-refractivity contribution < 1.29 is 18.7 Å². The Morgan fingerprint density at radius 2 is 1.87 bits per heavy atom. The Morgan fingerprint density at radius 3 is 2.43 bits per heavy atom. The van der Waals surface area contributed by atoms with Gasteiger partial charge in [0.25, 0.3) is 0 Å². The summed E-state index contributed by atoms with van der Waals surface area (Å²) in [6, 6.07) is 4.82. The molecule has 0 heterocycles. The van der Waals surface area contributed by atoms with Crippen molar-refractivity contribution in [1.29, 1.82) is 0 Å². The summed E-state index contributed by atoms with van der Waals surface area (Å²) in [5.41, 5.74) is 0.489. The van der Waals surface area contributed by atoms with E-state index >= 15 is 0 Å². The molecule has 0 aromatic heterocycles. The molecule has 0 aliphatic heterocycles. The van der Waals surface area contributed by atoms with Crippen LogP contribution in [-0.2, 0) is 4.74 Å². The van der Waals surface area contributed by atoms with Gasteiger partial charge in [0.05, 0.1) is 6.61 Å². The molecule has 1 aromatic carbocycles. The summed E-state index contributed by atoms with van der Waals surface area (Å²) in [7, 11) is 0. The van der Waals surface area contributed by atoms with Crippen LogP contribution in [0.25, 0.3) is 0 Å². The van der Waals surface area contributed by atoms with Gasteiger partial charge in [-0.05, 0) is 43.5 Å². The molecule has 0 aliphatic rings. The van der Waals surface area contributed by atoms with Crippen LogP contribution in [0.15, 0.2) is 24.3 Å².